The molecule has 1 atom stereocenters. The molecule has 2 aliphatic heterocycles. The largest absolute Gasteiger partial charge is 0.376 e. The van der Waals surface area contributed by atoms with Crippen LogP contribution in [0.2, 0.25) is 0 Å². The van der Waals surface area contributed by atoms with Crippen molar-refractivity contribution in [2.45, 2.75) is 44.6 Å². The summed E-state index contributed by atoms with van der Waals surface area (Å²) in [6.45, 7) is 3.76. The summed E-state index contributed by atoms with van der Waals surface area (Å²) in [5, 5.41) is 11.6. The lowest BCUT2D eigenvalue weighted by Crippen LogP contribution is -2.27. The van der Waals surface area contributed by atoms with Gasteiger partial charge in [0.1, 0.15) is 0 Å². The number of rotatable bonds is 4. The molecule has 2 aliphatic rings. The van der Waals surface area contributed by atoms with Crippen LogP contribution in [0.25, 0.3) is 0 Å². The summed E-state index contributed by atoms with van der Waals surface area (Å²) >= 11 is 0. The molecule has 0 aromatic carbocycles. The molecule has 1 N–H and O–H groups in total. The fraction of sp³-hybridized carbons (Fsp3) is 0.786. The molecule has 3 rings (SSSR count). The first-order valence-corrected chi connectivity index (χ1v) is 7.72. The molecule has 1 unspecified atom stereocenters. The molecule has 0 aliphatic carbocycles. The van der Waals surface area contributed by atoms with Crippen molar-refractivity contribution in [2.75, 3.05) is 36.5 Å². The number of hydrogen-bond donors (Lipinski definition) is 1. The Kier molecular flexibility index (Phi) is 4.63. The van der Waals surface area contributed by atoms with Crippen molar-refractivity contribution in [3.63, 3.8) is 0 Å². The molecule has 2 fully saturated rings. The Labute approximate surface area is 119 Å². The average Bonchev–Trinajstić information content (AvgIpc) is 2.86. The van der Waals surface area contributed by atoms with Gasteiger partial charge in [-0.1, -0.05) is 12.8 Å². The predicted octanol–water partition coefficient (Wildman–Crippen LogP) is 1.84. The Morgan fingerprint density at radius 1 is 1.20 bits per heavy atom. The van der Waals surface area contributed by atoms with E-state index in [0.717, 1.165) is 50.8 Å². The first-order valence-electron chi connectivity index (χ1n) is 7.72. The number of hydrogen-bond acceptors (Lipinski definition) is 6. The van der Waals surface area contributed by atoms with Gasteiger partial charge in [-0.25, -0.2) is 0 Å². The molecule has 3 heterocycles. The van der Waals surface area contributed by atoms with E-state index in [1.807, 2.05) is 0 Å². The highest BCUT2D eigenvalue weighted by Gasteiger charge is 2.16. The van der Waals surface area contributed by atoms with Gasteiger partial charge in [0.15, 0.2) is 5.82 Å². The summed E-state index contributed by atoms with van der Waals surface area (Å²) < 4.78 is 5.60. The van der Waals surface area contributed by atoms with Crippen molar-refractivity contribution in [1.82, 2.24) is 15.2 Å². The lowest BCUT2D eigenvalue weighted by atomic mass is 10.2. The highest BCUT2D eigenvalue weighted by molar-refractivity contribution is 5.39. The zero-order chi connectivity index (χ0) is 13.6. The minimum absolute atomic E-state index is 0.312. The van der Waals surface area contributed by atoms with Crippen molar-refractivity contribution in [3.05, 3.63) is 6.20 Å². The number of anilines is 2. The van der Waals surface area contributed by atoms with Crippen LogP contribution in [0.5, 0.6) is 0 Å². The normalized spacial score (nSPS) is 23.6. The highest BCUT2D eigenvalue weighted by Crippen LogP contribution is 2.17. The first kappa shape index (κ1) is 13.5. The Bertz CT molecular complexity index is 414. The van der Waals surface area contributed by atoms with Crippen LogP contribution < -0.4 is 10.2 Å². The van der Waals surface area contributed by atoms with Crippen molar-refractivity contribution < 1.29 is 4.74 Å². The van der Waals surface area contributed by atoms with Gasteiger partial charge in [-0.05, 0) is 25.7 Å². The van der Waals surface area contributed by atoms with E-state index in [0.29, 0.717) is 6.10 Å². The molecule has 110 valence electrons. The average molecular weight is 277 g/mol. The van der Waals surface area contributed by atoms with Crippen LogP contribution in [-0.4, -0.2) is 47.5 Å². The van der Waals surface area contributed by atoms with Gasteiger partial charge in [-0.2, -0.15) is 10.1 Å². The molecule has 0 saturated carbocycles. The van der Waals surface area contributed by atoms with Gasteiger partial charge in [0.05, 0.1) is 12.3 Å². The van der Waals surface area contributed by atoms with Crippen LogP contribution in [0.4, 0.5) is 11.8 Å². The molecular formula is C14H23N5O. The van der Waals surface area contributed by atoms with E-state index in [2.05, 4.69) is 25.4 Å². The lowest BCUT2D eigenvalue weighted by Gasteiger charge is -2.20. The fourth-order valence-corrected chi connectivity index (χ4v) is 2.81. The third-order valence-corrected chi connectivity index (χ3v) is 3.97. The molecule has 20 heavy (non-hydrogen) atoms. The molecule has 1 aromatic rings. The van der Waals surface area contributed by atoms with Gasteiger partial charge in [0.25, 0.3) is 0 Å². The quantitative estimate of drug-likeness (QED) is 0.906. The Morgan fingerprint density at radius 3 is 2.80 bits per heavy atom. The van der Waals surface area contributed by atoms with Gasteiger partial charge in [-0.3, -0.25) is 0 Å². The number of nitrogens with zero attached hydrogens (tertiary/aromatic N) is 4. The molecular weight excluding hydrogens is 254 g/mol. The summed E-state index contributed by atoms with van der Waals surface area (Å²) in [6, 6.07) is 0. The molecule has 6 heteroatoms. The molecule has 2 saturated heterocycles. The molecule has 0 spiro atoms. The van der Waals surface area contributed by atoms with Crippen LogP contribution in [-0.2, 0) is 4.74 Å². The van der Waals surface area contributed by atoms with Gasteiger partial charge in [-0.15, -0.1) is 5.10 Å². The van der Waals surface area contributed by atoms with Gasteiger partial charge >= 0.3 is 0 Å². The zero-order valence-electron chi connectivity index (χ0n) is 11.9. The van der Waals surface area contributed by atoms with Crippen LogP contribution in [0.3, 0.4) is 0 Å². The number of ether oxygens (including phenoxy) is 1. The van der Waals surface area contributed by atoms with E-state index in [4.69, 9.17) is 4.74 Å². The van der Waals surface area contributed by atoms with E-state index in [9.17, 15) is 0 Å². The summed E-state index contributed by atoms with van der Waals surface area (Å²) in [5.74, 6) is 1.55. The molecule has 0 amide bonds. The highest BCUT2D eigenvalue weighted by atomic mass is 16.5. The SMILES string of the molecule is c1nnc(N2CCCCCC2)nc1NCC1CCCO1. The first-order chi connectivity index (χ1) is 9.92. The van der Waals surface area contributed by atoms with Crippen LogP contribution in [0, 0.1) is 0 Å². The Balaban J connectivity index is 1.59. The van der Waals surface area contributed by atoms with Gasteiger partial charge in [0.2, 0.25) is 5.95 Å². The fourth-order valence-electron chi connectivity index (χ4n) is 2.81. The minimum atomic E-state index is 0.312. The van der Waals surface area contributed by atoms with Crippen LogP contribution in [0.1, 0.15) is 38.5 Å². The third-order valence-electron chi connectivity index (χ3n) is 3.97. The summed E-state index contributed by atoms with van der Waals surface area (Å²) in [7, 11) is 0. The van der Waals surface area contributed by atoms with Crippen molar-refractivity contribution in [1.29, 1.82) is 0 Å². The Hall–Kier alpha value is -1.43. The van der Waals surface area contributed by atoms with E-state index in [-0.39, 0.29) is 0 Å². The standard InChI is InChI=1S/C14H23N5O/c1-2-4-8-19(7-3-1)14-17-13(11-16-18-14)15-10-12-6-5-9-20-12/h11-12H,1-10H2,(H,15,17,18). The van der Waals surface area contributed by atoms with Gasteiger partial charge < -0.3 is 15.0 Å². The van der Waals surface area contributed by atoms with Crippen molar-refractivity contribution >= 4 is 11.8 Å². The van der Waals surface area contributed by atoms with Crippen LogP contribution >= 0.6 is 0 Å². The van der Waals surface area contributed by atoms with Crippen molar-refractivity contribution in [3.8, 4) is 0 Å². The van der Waals surface area contributed by atoms with E-state index < -0.39 is 0 Å². The summed E-state index contributed by atoms with van der Waals surface area (Å²) in [4.78, 5) is 6.83. The summed E-state index contributed by atoms with van der Waals surface area (Å²) in [5.41, 5.74) is 0. The van der Waals surface area contributed by atoms with E-state index in [1.165, 1.54) is 25.7 Å². The monoisotopic (exact) mass is 277 g/mol. The maximum absolute atomic E-state index is 5.60. The van der Waals surface area contributed by atoms with E-state index in [1.54, 1.807) is 6.20 Å². The molecule has 0 radical (unpaired) electrons. The number of nitrogens with one attached hydrogen (secondary N) is 1. The smallest absolute Gasteiger partial charge is 0.247 e. The van der Waals surface area contributed by atoms with Crippen molar-refractivity contribution in [2.24, 2.45) is 0 Å². The zero-order valence-corrected chi connectivity index (χ0v) is 11.9. The molecule has 0 bridgehead atoms. The number of aromatic nitrogens is 3. The third kappa shape index (κ3) is 3.56. The molecule has 1 aromatic heterocycles. The second-order valence-electron chi connectivity index (χ2n) is 5.56. The lowest BCUT2D eigenvalue weighted by molar-refractivity contribution is 0.120. The second-order valence-corrected chi connectivity index (χ2v) is 5.56. The molecule has 6 nitrogen and oxygen atoms in total. The summed E-state index contributed by atoms with van der Waals surface area (Å²) in [6.07, 6.45) is 9.34. The minimum Gasteiger partial charge on any atom is -0.376 e. The topological polar surface area (TPSA) is 63.2 Å². The van der Waals surface area contributed by atoms with E-state index >= 15 is 0 Å². The maximum atomic E-state index is 5.60. The predicted molar refractivity (Wildman–Crippen MR) is 78.0 cm³/mol. The van der Waals surface area contributed by atoms with Crippen LogP contribution in [0.15, 0.2) is 6.20 Å². The second kappa shape index (κ2) is 6.83. The maximum Gasteiger partial charge on any atom is 0.247 e. The Morgan fingerprint density at radius 2 is 2.05 bits per heavy atom. The van der Waals surface area contributed by atoms with Gasteiger partial charge in [0, 0.05) is 26.2 Å².